The molecule has 1 N–H and O–H groups in total. The van der Waals surface area contributed by atoms with Gasteiger partial charge in [0.05, 0.1) is 23.8 Å². The molecule has 1 aromatic heterocycles. The average molecular weight is 414 g/mol. The summed E-state index contributed by atoms with van der Waals surface area (Å²) in [7, 11) is 0. The molecule has 2 atom stereocenters. The lowest BCUT2D eigenvalue weighted by molar-refractivity contribution is 0.122. The van der Waals surface area contributed by atoms with Crippen LogP contribution in [0.25, 0.3) is 10.9 Å². The van der Waals surface area contributed by atoms with Gasteiger partial charge in [0.1, 0.15) is 18.2 Å². The van der Waals surface area contributed by atoms with E-state index in [1.165, 1.54) is 5.69 Å². The summed E-state index contributed by atoms with van der Waals surface area (Å²) in [5, 5.41) is 12.8. The molecule has 0 bridgehead atoms. The van der Waals surface area contributed by atoms with Gasteiger partial charge in [-0.3, -0.25) is 4.99 Å². The van der Waals surface area contributed by atoms with Crippen molar-refractivity contribution < 1.29 is 9.84 Å². The first-order valence-corrected chi connectivity index (χ1v) is 11.5. The van der Waals surface area contributed by atoms with Crippen molar-refractivity contribution in [1.29, 1.82) is 0 Å². The van der Waals surface area contributed by atoms with Crippen LogP contribution in [-0.4, -0.2) is 77.9 Å². The van der Waals surface area contributed by atoms with E-state index in [9.17, 15) is 5.11 Å². The Morgan fingerprint density at radius 1 is 1.14 bits per heavy atom. The predicted molar refractivity (Wildman–Crippen MR) is 118 cm³/mol. The summed E-state index contributed by atoms with van der Waals surface area (Å²) in [5.41, 5.74) is 2.16. The summed E-state index contributed by atoms with van der Waals surface area (Å²) in [5.74, 6) is 2.16. The van der Waals surface area contributed by atoms with Crippen LogP contribution < -0.4 is 9.80 Å². The molecule has 0 aliphatic carbocycles. The topological polar surface area (TPSA) is 74.1 Å². The average Bonchev–Trinajstić information content (AvgIpc) is 3.33. The van der Waals surface area contributed by atoms with Crippen molar-refractivity contribution in [2.45, 2.75) is 18.9 Å². The monoisotopic (exact) mass is 413 g/mol. The molecule has 1 aromatic carbocycles. The third-order valence-corrected chi connectivity index (χ3v) is 7.09. The van der Waals surface area contributed by atoms with Gasteiger partial charge in [-0.2, -0.15) is 0 Å². The summed E-state index contributed by atoms with van der Waals surface area (Å²) in [6.45, 7) is 5.96. The van der Waals surface area contributed by atoms with Gasteiger partial charge < -0.3 is 19.6 Å². The SMILES string of the molecule is O[C@H](C1=NCCS1)[C@H]1CCCN(c2ncnc3cc(N4CCOCC4)ccc23)C1. The van der Waals surface area contributed by atoms with Gasteiger partial charge in [0.15, 0.2) is 0 Å². The van der Waals surface area contributed by atoms with Crippen molar-refractivity contribution in [1.82, 2.24) is 9.97 Å². The molecule has 4 heterocycles. The van der Waals surface area contributed by atoms with Crippen molar-refractivity contribution >= 4 is 39.2 Å². The Labute approximate surface area is 175 Å². The largest absolute Gasteiger partial charge is 0.386 e. The molecule has 3 aliphatic heterocycles. The van der Waals surface area contributed by atoms with Crippen LogP contribution in [-0.2, 0) is 4.74 Å². The molecule has 0 amide bonds. The predicted octanol–water partition coefficient (Wildman–Crippen LogP) is 2.19. The van der Waals surface area contributed by atoms with Crippen LogP contribution in [0, 0.1) is 5.92 Å². The van der Waals surface area contributed by atoms with Gasteiger partial charge in [-0.05, 0) is 31.0 Å². The highest BCUT2D eigenvalue weighted by Gasteiger charge is 2.31. The van der Waals surface area contributed by atoms with E-state index in [0.29, 0.717) is 0 Å². The minimum Gasteiger partial charge on any atom is -0.386 e. The molecule has 7 nitrogen and oxygen atoms in total. The molecule has 154 valence electrons. The van der Waals surface area contributed by atoms with Gasteiger partial charge in [0.25, 0.3) is 0 Å². The first-order chi connectivity index (χ1) is 14.3. The summed E-state index contributed by atoms with van der Waals surface area (Å²) < 4.78 is 5.47. The molecule has 8 heteroatoms. The van der Waals surface area contributed by atoms with Gasteiger partial charge in [-0.15, -0.1) is 11.8 Å². The van der Waals surface area contributed by atoms with Crippen molar-refractivity contribution in [3.63, 3.8) is 0 Å². The van der Waals surface area contributed by atoms with Crippen LogP contribution in [0.5, 0.6) is 0 Å². The summed E-state index contributed by atoms with van der Waals surface area (Å²) in [4.78, 5) is 18.3. The third-order valence-electron chi connectivity index (χ3n) is 6.04. The zero-order chi connectivity index (χ0) is 19.6. The Kier molecular flexibility index (Phi) is 5.56. The van der Waals surface area contributed by atoms with Crippen molar-refractivity contribution in [2.24, 2.45) is 10.9 Å². The Balaban J connectivity index is 1.39. The minimum absolute atomic E-state index is 0.200. The number of aromatic nitrogens is 2. The minimum atomic E-state index is -0.452. The van der Waals surface area contributed by atoms with E-state index in [-0.39, 0.29) is 5.92 Å². The number of morpholine rings is 1. The van der Waals surface area contributed by atoms with Crippen LogP contribution in [0.15, 0.2) is 29.5 Å². The molecule has 5 rings (SSSR count). The number of aliphatic imine (C=N–C) groups is 1. The molecular weight excluding hydrogens is 386 g/mol. The molecule has 0 saturated carbocycles. The number of aliphatic hydroxyl groups excluding tert-OH is 1. The quantitative estimate of drug-likeness (QED) is 0.824. The number of fused-ring (bicyclic) bond motifs is 1. The summed E-state index contributed by atoms with van der Waals surface area (Å²) >= 11 is 1.70. The second-order valence-electron chi connectivity index (χ2n) is 7.86. The van der Waals surface area contributed by atoms with Crippen LogP contribution in [0.2, 0.25) is 0 Å². The zero-order valence-corrected chi connectivity index (χ0v) is 17.4. The normalized spacial score (nSPS) is 24.0. The molecule has 29 heavy (non-hydrogen) atoms. The lowest BCUT2D eigenvalue weighted by atomic mass is 9.92. The standard InChI is InChI=1S/C21H27N5O2S/c27-19(21-22-5-11-29-21)15-2-1-6-26(13-15)20-17-4-3-16(12-18(17)23-14-24-20)25-7-9-28-10-8-25/h3-4,12,14-15,19,27H,1-2,5-11,13H2/t15-,19-/m0/s1. The number of rotatable bonds is 4. The van der Waals surface area contributed by atoms with E-state index in [2.05, 4.69) is 43.0 Å². The number of anilines is 2. The number of hydrogen-bond donors (Lipinski definition) is 1. The first-order valence-electron chi connectivity index (χ1n) is 10.5. The molecule has 0 spiro atoms. The lowest BCUT2D eigenvalue weighted by Gasteiger charge is -2.36. The van der Waals surface area contributed by atoms with Gasteiger partial charge in [-0.25, -0.2) is 9.97 Å². The molecular formula is C21H27N5O2S. The highest BCUT2D eigenvalue weighted by molar-refractivity contribution is 8.14. The molecule has 2 fully saturated rings. The van der Waals surface area contributed by atoms with E-state index in [1.54, 1.807) is 18.1 Å². The fraction of sp³-hybridized carbons (Fsp3) is 0.571. The van der Waals surface area contributed by atoms with Gasteiger partial charge in [-0.1, -0.05) is 0 Å². The zero-order valence-electron chi connectivity index (χ0n) is 16.5. The number of benzene rings is 1. The highest BCUT2D eigenvalue weighted by Crippen LogP contribution is 2.32. The molecule has 2 aromatic rings. The molecule has 0 radical (unpaired) electrons. The van der Waals surface area contributed by atoms with Crippen LogP contribution in [0.1, 0.15) is 12.8 Å². The van der Waals surface area contributed by atoms with Crippen LogP contribution in [0.3, 0.4) is 0 Å². The summed E-state index contributed by atoms with van der Waals surface area (Å²) in [6.07, 6.45) is 3.29. The maximum Gasteiger partial charge on any atom is 0.139 e. The Bertz CT molecular complexity index is 902. The van der Waals surface area contributed by atoms with Crippen molar-refractivity contribution in [3.05, 3.63) is 24.5 Å². The van der Waals surface area contributed by atoms with Crippen LogP contribution in [0.4, 0.5) is 11.5 Å². The van der Waals surface area contributed by atoms with Crippen LogP contribution >= 0.6 is 11.8 Å². The number of hydrogen-bond acceptors (Lipinski definition) is 8. The summed E-state index contributed by atoms with van der Waals surface area (Å²) in [6, 6.07) is 6.47. The Morgan fingerprint density at radius 3 is 2.86 bits per heavy atom. The number of thioether (sulfide) groups is 1. The Hall–Kier alpha value is -1.90. The van der Waals surface area contributed by atoms with Gasteiger partial charge >= 0.3 is 0 Å². The second-order valence-corrected chi connectivity index (χ2v) is 8.97. The van der Waals surface area contributed by atoms with Crippen molar-refractivity contribution in [2.75, 3.05) is 61.5 Å². The Morgan fingerprint density at radius 2 is 2.03 bits per heavy atom. The number of aliphatic hydroxyl groups is 1. The van der Waals surface area contributed by atoms with E-state index in [0.717, 1.165) is 86.3 Å². The molecule has 0 unspecified atom stereocenters. The number of nitrogens with zero attached hydrogens (tertiary/aromatic N) is 5. The van der Waals surface area contributed by atoms with E-state index in [1.807, 2.05) is 0 Å². The maximum atomic E-state index is 10.8. The highest BCUT2D eigenvalue weighted by atomic mass is 32.2. The fourth-order valence-corrected chi connectivity index (χ4v) is 5.43. The molecule has 3 aliphatic rings. The third kappa shape index (κ3) is 3.93. The van der Waals surface area contributed by atoms with E-state index in [4.69, 9.17) is 4.74 Å². The smallest absolute Gasteiger partial charge is 0.139 e. The maximum absolute atomic E-state index is 10.8. The first kappa shape index (κ1) is 19.1. The fourth-order valence-electron chi connectivity index (χ4n) is 4.49. The number of ether oxygens (including phenoxy) is 1. The number of piperidine rings is 1. The van der Waals surface area contributed by atoms with Crippen molar-refractivity contribution in [3.8, 4) is 0 Å². The van der Waals surface area contributed by atoms with Gasteiger partial charge in [0, 0.05) is 55.5 Å². The van der Waals surface area contributed by atoms with E-state index < -0.39 is 6.10 Å². The van der Waals surface area contributed by atoms with Gasteiger partial charge in [0.2, 0.25) is 0 Å². The lowest BCUT2D eigenvalue weighted by Crippen LogP contribution is -2.42. The van der Waals surface area contributed by atoms with E-state index >= 15 is 0 Å². The molecule has 2 saturated heterocycles. The second kappa shape index (κ2) is 8.45.